The first-order chi connectivity index (χ1) is 4.18. The van der Waals surface area contributed by atoms with Crippen molar-refractivity contribution in [3.05, 3.63) is 0 Å². The van der Waals surface area contributed by atoms with Crippen molar-refractivity contribution in [2.45, 2.75) is 13.8 Å². The van der Waals surface area contributed by atoms with E-state index in [0.29, 0.717) is 0 Å². The smallest absolute Gasteiger partial charge is 0.290 e. The average molecular weight is 133 g/mol. The fraction of sp³-hybridized carbons (Fsp3) is 0.600. The minimum absolute atomic E-state index is 0.0394. The zero-order valence-corrected chi connectivity index (χ0v) is 5.55. The van der Waals surface area contributed by atoms with Crippen LogP contribution >= 0.6 is 0 Å². The summed E-state index contributed by atoms with van der Waals surface area (Å²) in [4.78, 5) is 18.3. The lowest BCUT2D eigenvalue weighted by Gasteiger charge is -1.88. The maximum atomic E-state index is 9.93. The summed E-state index contributed by atoms with van der Waals surface area (Å²) in [5.74, 6) is 0.0394. The molecule has 9 heavy (non-hydrogen) atoms. The molecule has 0 aliphatic carbocycles. The van der Waals surface area contributed by atoms with Gasteiger partial charge in [-0.2, -0.15) is 0 Å². The Morgan fingerprint density at radius 1 is 1.78 bits per heavy atom. The van der Waals surface area contributed by atoms with E-state index in [1.807, 2.05) is 6.92 Å². The van der Waals surface area contributed by atoms with Gasteiger partial charge in [0.15, 0.2) is 0 Å². The van der Waals surface area contributed by atoms with Gasteiger partial charge in [-0.1, -0.05) is 0 Å². The van der Waals surface area contributed by atoms with Crippen molar-refractivity contribution >= 4 is 12.4 Å². The van der Waals surface area contributed by atoms with Gasteiger partial charge in [-0.05, 0) is 6.92 Å². The fourth-order valence-corrected chi connectivity index (χ4v) is 0.249. The van der Waals surface area contributed by atoms with Gasteiger partial charge in [0.05, 0.1) is 0 Å². The molecular weight excluding hydrogens is 122 g/mol. The van der Waals surface area contributed by atoms with E-state index >= 15 is 0 Å². The summed E-state index contributed by atoms with van der Waals surface area (Å²) in [5.41, 5.74) is 0. The molecule has 1 amide bonds. The first-order valence-corrected chi connectivity index (χ1v) is 2.51. The van der Waals surface area contributed by atoms with Crippen LogP contribution in [0, 0.1) is 0 Å². The number of rotatable bonds is 1. The van der Waals surface area contributed by atoms with Gasteiger partial charge >= 0.3 is 0 Å². The van der Waals surface area contributed by atoms with Gasteiger partial charge in [-0.15, -0.1) is 0 Å². The second-order valence-corrected chi connectivity index (χ2v) is 1.19. The highest BCUT2D eigenvalue weighted by Gasteiger charge is 1.78. The molecular formula is C5H11NO3. The van der Waals surface area contributed by atoms with Crippen LogP contribution in [0.1, 0.15) is 13.8 Å². The summed E-state index contributed by atoms with van der Waals surface area (Å²) in [7, 11) is 0. The molecule has 0 radical (unpaired) electrons. The van der Waals surface area contributed by atoms with Crippen molar-refractivity contribution in [1.82, 2.24) is 5.32 Å². The third-order valence-corrected chi connectivity index (χ3v) is 0.426. The Kier molecular flexibility index (Phi) is 12.1. The molecule has 4 nitrogen and oxygen atoms in total. The topological polar surface area (TPSA) is 66.4 Å². The Hall–Kier alpha value is -1.06. The molecule has 0 atom stereocenters. The largest absolute Gasteiger partial charge is 0.483 e. The van der Waals surface area contributed by atoms with Crippen LogP contribution in [0.25, 0.3) is 0 Å². The van der Waals surface area contributed by atoms with Gasteiger partial charge in [0.2, 0.25) is 5.91 Å². The summed E-state index contributed by atoms with van der Waals surface area (Å²) in [6.45, 7) is 3.88. The number of nitrogens with one attached hydrogen (secondary N) is 1. The summed E-state index contributed by atoms with van der Waals surface area (Å²) in [6, 6.07) is 0. The van der Waals surface area contributed by atoms with Gasteiger partial charge in [0, 0.05) is 13.5 Å². The molecule has 2 N–H and O–H groups in total. The summed E-state index contributed by atoms with van der Waals surface area (Å²) in [6.07, 6.45) is 0. The van der Waals surface area contributed by atoms with Gasteiger partial charge < -0.3 is 10.4 Å². The van der Waals surface area contributed by atoms with Gasteiger partial charge in [-0.3, -0.25) is 9.59 Å². The van der Waals surface area contributed by atoms with E-state index in [1.54, 1.807) is 0 Å². The van der Waals surface area contributed by atoms with Crippen molar-refractivity contribution in [2.24, 2.45) is 0 Å². The van der Waals surface area contributed by atoms with Crippen LogP contribution in [0.5, 0.6) is 0 Å². The number of amides is 1. The highest BCUT2D eigenvalue weighted by molar-refractivity contribution is 5.72. The molecule has 54 valence electrons. The second kappa shape index (κ2) is 10.0. The van der Waals surface area contributed by atoms with Crippen molar-refractivity contribution in [3.63, 3.8) is 0 Å². The molecule has 0 aliphatic heterocycles. The lowest BCUT2D eigenvalue weighted by Crippen LogP contribution is -2.18. The predicted octanol–water partition coefficient (Wildman–Crippen LogP) is -0.157. The van der Waals surface area contributed by atoms with Crippen LogP contribution in [0.4, 0.5) is 0 Å². The molecule has 0 unspecified atom stereocenters. The summed E-state index contributed by atoms with van der Waals surface area (Å²) >= 11 is 0. The first kappa shape index (κ1) is 10.8. The van der Waals surface area contributed by atoms with E-state index in [-0.39, 0.29) is 12.4 Å². The fourth-order valence-electron chi connectivity index (χ4n) is 0.249. The summed E-state index contributed by atoms with van der Waals surface area (Å²) in [5, 5.41) is 9.46. The number of hydrogen-bond donors (Lipinski definition) is 2. The molecule has 0 aromatic rings. The molecule has 4 heteroatoms. The van der Waals surface area contributed by atoms with Crippen LogP contribution in [0.2, 0.25) is 0 Å². The first-order valence-electron chi connectivity index (χ1n) is 2.51. The van der Waals surface area contributed by atoms with E-state index < -0.39 is 0 Å². The highest BCUT2D eigenvalue weighted by atomic mass is 16.3. The van der Waals surface area contributed by atoms with Crippen LogP contribution in [-0.4, -0.2) is 24.0 Å². The van der Waals surface area contributed by atoms with E-state index in [4.69, 9.17) is 9.90 Å². The average Bonchev–Trinajstić information content (AvgIpc) is 1.67. The second-order valence-electron chi connectivity index (χ2n) is 1.19. The number of carbonyl (C=O) groups excluding carboxylic acids is 1. The Balaban J connectivity index is 0. The third kappa shape index (κ3) is 45.0. The lowest BCUT2D eigenvalue weighted by atomic mass is 10.6. The zero-order chi connectivity index (χ0) is 7.70. The maximum Gasteiger partial charge on any atom is 0.290 e. The van der Waals surface area contributed by atoms with Crippen molar-refractivity contribution in [2.75, 3.05) is 6.54 Å². The number of carbonyl (C=O) groups is 2. The summed E-state index contributed by atoms with van der Waals surface area (Å²) < 4.78 is 0. The lowest BCUT2D eigenvalue weighted by molar-refractivity contribution is -0.123. The Bertz CT molecular complexity index is 82.3. The van der Waals surface area contributed by atoms with E-state index in [9.17, 15) is 4.79 Å². The molecule has 0 spiro atoms. The Labute approximate surface area is 53.9 Å². The highest BCUT2D eigenvalue weighted by Crippen LogP contribution is 1.54. The molecule has 0 rings (SSSR count). The van der Waals surface area contributed by atoms with Crippen molar-refractivity contribution in [1.29, 1.82) is 0 Å². The predicted molar refractivity (Wildman–Crippen MR) is 33.1 cm³/mol. The zero-order valence-electron chi connectivity index (χ0n) is 5.55. The van der Waals surface area contributed by atoms with E-state index in [0.717, 1.165) is 6.54 Å². The maximum absolute atomic E-state index is 9.93. The molecule has 0 fully saturated rings. The monoisotopic (exact) mass is 133 g/mol. The van der Waals surface area contributed by atoms with Crippen molar-refractivity contribution in [3.8, 4) is 0 Å². The SMILES string of the molecule is CCNC(C)=O.O=CO. The van der Waals surface area contributed by atoms with Crippen LogP contribution in [0.3, 0.4) is 0 Å². The molecule has 0 saturated carbocycles. The minimum atomic E-state index is -0.250. The Morgan fingerprint density at radius 2 is 2.11 bits per heavy atom. The molecule has 0 heterocycles. The minimum Gasteiger partial charge on any atom is -0.483 e. The number of carboxylic acid groups (broad SMARTS) is 1. The standard InChI is InChI=1S/C4H9NO.CH2O2/c1-3-5-4(2)6;2-1-3/h3H2,1-2H3,(H,5,6);1H,(H,2,3). The van der Waals surface area contributed by atoms with Gasteiger partial charge in [0.1, 0.15) is 0 Å². The Morgan fingerprint density at radius 3 is 2.11 bits per heavy atom. The molecule has 0 aromatic carbocycles. The van der Waals surface area contributed by atoms with Crippen molar-refractivity contribution < 1.29 is 14.7 Å². The quantitative estimate of drug-likeness (QED) is 0.488. The number of hydrogen-bond acceptors (Lipinski definition) is 2. The molecule has 0 saturated heterocycles. The molecule has 0 aromatic heterocycles. The van der Waals surface area contributed by atoms with Gasteiger partial charge in [-0.25, -0.2) is 0 Å². The third-order valence-electron chi connectivity index (χ3n) is 0.426. The van der Waals surface area contributed by atoms with Crippen LogP contribution in [-0.2, 0) is 9.59 Å². The molecule has 0 aliphatic rings. The van der Waals surface area contributed by atoms with Crippen LogP contribution in [0.15, 0.2) is 0 Å². The molecule has 0 bridgehead atoms. The van der Waals surface area contributed by atoms with Crippen LogP contribution < -0.4 is 5.32 Å². The van der Waals surface area contributed by atoms with E-state index in [2.05, 4.69) is 5.32 Å². The van der Waals surface area contributed by atoms with E-state index in [1.165, 1.54) is 6.92 Å². The normalized spacial score (nSPS) is 6.44. The van der Waals surface area contributed by atoms with Gasteiger partial charge in [0.25, 0.3) is 6.47 Å².